The quantitative estimate of drug-likeness (QED) is 0.260. The van der Waals surface area contributed by atoms with Gasteiger partial charge in [0.2, 0.25) is 7.23 Å². The molecule has 1 aromatic heterocycles. The second-order valence-corrected chi connectivity index (χ2v) is 9.70. The number of nitrogens with zero attached hydrogens (tertiary/aromatic N) is 2. The van der Waals surface area contributed by atoms with Crippen molar-refractivity contribution in [2.24, 2.45) is 0 Å². The van der Waals surface area contributed by atoms with E-state index in [1.165, 1.54) is 13.3 Å². The lowest BCUT2D eigenvalue weighted by molar-refractivity contribution is -0.131. The molecule has 2 rings (SSSR count). The zero-order valence-corrected chi connectivity index (χ0v) is 18.5. The van der Waals surface area contributed by atoms with Crippen LogP contribution in [0, 0.1) is 0 Å². The summed E-state index contributed by atoms with van der Waals surface area (Å²) in [7, 11) is -3.16. The third kappa shape index (κ3) is 6.11. The molecular formula is C13H23N3O10P2S. The first-order chi connectivity index (χ1) is 13.4. The highest BCUT2D eigenvalue weighted by Crippen LogP contribution is 2.48. The molecule has 0 bridgehead atoms. The maximum atomic E-state index is 12.3. The molecule has 16 heteroatoms. The van der Waals surface area contributed by atoms with Crippen molar-refractivity contribution in [3.8, 4) is 0 Å². The molecule has 5 atom stereocenters. The van der Waals surface area contributed by atoms with Gasteiger partial charge in [0.05, 0.1) is 6.61 Å². The Morgan fingerprint density at radius 3 is 2.59 bits per heavy atom. The molecule has 0 saturated carbocycles. The van der Waals surface area contributed by atoms with Crippen molar-refractivity contribution < 1.29 is 37.4 Å². The first kappa shape index (κ1) is 24.5. The van der Waals surface area contributed by atoms with Crippen LogP contribution in [0.4, 0.5) is 0 Å². The summed E-state index contributed by atoms with van der Waals surface area (Å²) in [6.45, 7) is -0.674. The fraction of sp³-hybridized carbons (Fsp3) is 0.692. The average molecular weight is 475 g/mol. The lowest BCUT2D eigenvalue weighted by Crippen LogP contribution is -2.54. The van der Waals surface area contributed by atoms with Crippen LogP contribution in [-0.2, 0) is 27.7 Å². The highest BCUT2D eigenvalue weighted by atomic mass is 32.7. The van der Waals surface area contributed by atoms with Gasteiger partial charge in [0.1, 0.15) is 17.8 Å². The van der Waals surface area contributed by atoms with Crippen LogP contribution in [0.15, 0.2) is 21.9 Å². The first-order valence-electron chi connectivity index (χ1n) is 8.15. The van der Waals surface area contributed by atoms with Crippen molar-refractivity contribution in [1.82, 2.24) is 14.5 Å². The maximum Gasteiger partial charge on any atom is 0.469 e. The zero-order chi connectivity index (χ0) is 22.0. The third-order valence-corrected chi connectivity index (χ3v) is 5.38. The van der Waals surface area contributed by atoms with Gasteiger partial charge in [-0.25, -0.2) is 9.36 Å². The Labute approximate surface area is 171 Å². The lowest BCUT2D eigenvalue weighted by Gasteiger charge is -2.36. The van der Waals surface area contributed by atoms with Gasteiger partial charge in [-0.05, 0) is 14.1 Å². The van der Waals surface area contributed by atoms with E-state index in [1.54, 1.807) is 19.0 Å². The largest absolute Gasteiger partial charge is 0.469 e. The van der Waals surface area contributed by atoms with E-state index in [-0.39, 0.29) is 6.54 Å². The van der Waals surface area contributed by atoms with Crippen LogP contribution in [0.25, 0.3) is 0 Å². The van der Waals surface area contributed by atoms with Crippen molar-refractivity contribution in [3.63, 3.8) is 0 Å². The molecule has 3 N–H and O–H groups in total. The maximum absolute atomic E-state index is 12.3. The predicted octanol–water partition coefficient (Wildman–Crippen LogP) is -0.805. The first-order valence-corrected chi connectivity index (χ1v) is 12.3. The Morgan fingerprint density at radius 2 is 2.10 bits per heavy atom. The number of phosphoric ester groups is 1. The van der Waals surface area contributed by atoms with Gasteiger partial charge in [-0.2, -0.15) is 0 Å². The number of aromatic nitrogens is 2. The molecule has 0 radical (unpaired) electrons. The van der Waals surface area contributed by atoms with Gasteiger partial charge in [-0.15, -0.1) is 0 Å². The number of likely N-dealkylation sites (N-methyl/N-ethyl adjacent to an activating group) is 1. The number of nitrogens with one attached hydrogen (secondary N) is 1. The molecule has 1 aliphatic rings. The summed E-state index contributed by atoms with van der Waals surface area (Å²) in [5.74, 6) is 0. The van der Waals surface area contributed by atoms with E-state index >= 15 is 0 Å². The van der Waals surface area contributed by atoms with Crippen LogP contribution in [-0.4, -0.2) is 76.4 Å². The van der Waals surface area contributed by atoms with Crippen molar-refractivity contribution >= 4 is 27.3 Å². The average Bonchev–Trinajstić information content (AvgIpc) is 2.85. The molecule has 1 aliphatic heterocycles. The molecule has 1 aromatic rings. The number of ether oxygens (including phenoxy) is 2. The number of methoxy groups -OCH3 is 1. The molecule has 0 aliphatic carbocycles. The van der Waals surface area contributed by atoms with E-state index < -0.39 is 56.9 Å². The number of H-pyrrole nitrogens is 1. The smallest absolute Gasteiger partial charge is 0.374 e. The van der Waals surface area contributed by atoms with Gasteiger partial charge in [-0.3, -0.25) is 23.4 Å². The van der Waals surface area contributed by atoms with Crippen LogP contribution in [0.5, 0.6) is 0 Å². The Morgan fingerprint density at radius 1 is 1.45 bits per heavy atom. The molecule has 1 saturated heterocycles. The highest BCUT2D eigenvalue weighted by molar-refractivity contribution is 8.39. The van der Waals surface area contributed by atoms with Gasteiger partial charge in [0.15, 0.2) is 6.23 Å². The van der Waals surface area contributed by atoms with E-state index in [2.05, 4.69) is 21.8 Å². The summed E-state index contributed by atoms with van der Waals surface area (Å²) in [5.41, 5.74) is -3.04. The van der Waals surface area contributed by atoms with E-state index in [9.17, 15) is 18.7 Å². The van der Waals surface area contributed by atoms with Gasteiger partial charge >= 0.3 is 13.5 Å². The fourth-order valence-corrected chi connectivity index (χ4v) is 4.50. The van der Waals surface area contributed by atoms with E-state index in [4.69, 9.17) is 23.8 Å². The summed E-state index contributed by atoms with van der Waals surface area (Å²) in [6, 6.07) is 1.09. The minimum atomic E-state index is -4.90. The molecule has 2 heterocycles. The summed E-state index contributed by atoms with van der Waals surface area (Å²) >= 11 is 3.79. The fourth-order valence-electron chi connectivity index (χ4n) is 3.21. The number of phosphoric acid groups is 1. The Bertz CT molecular complexity index is 901. The molecule has 0 amide bonds. The monoisotopic (exact) mass is 475 g/mol. The van der Waals surface area contributed by atoms with Crippen LogP contribution >= 0.6 is 27.3 Å². The summed E-state index contributed by atoms with van der Waals surface area (Å²) in [4.78, 5) is 45.7. The second kappa shape index (κ2) is 9.56. The Kier molecular flexibility index (Phi) is 8.07. The lowest BCUT2D eigenvalue weighted by atomic mass is 9.95. The molecule has 166 valence electrons. The van der Waals surface area contributed by atoms with Crippen LogP contribution in [0.1, 0.15) is 6.23 Å². The van der Waals surface area contributed by atoms with Gasteiger partial charge in [-0.1, -0.05) is 12.2 Å². The van der Waals surface area contributed by atoms with Crippen molar-refractivity contribution in [2.75, 3.05) is 34.4 Å². The topological polar surface area (TPSA) is 170 Å². The van der Waals surface area contributed by atoms with Crippen LogP contribution in [0.3, 0.4) is 0 Å². The van der Waals surface area contributed by atoms with E-state index in [0.717, 1.165) is 10.6 Å². The summed E-state index contributed by atoms with van der Waals surface area (Å²) in [5, 5.41) is 0. The number of thiol groups is 1. The van der Waals surface area contributed by atoms with Crippen molar-refractivity contribution in [2.45, 2.75) is 24.0 Å². The molecular weight excluding hydrogens is 452 g/mol. The van der Waals surface area contributed by atoms with Crippen molar-refractivity contribution in [1.29, 1.82) is 0 Å². The number of rotatable bonds is 9. The molecule has 13 nitrogen and oxygen atoms in total. The highest BCUT2D eigenvalue weighted by Gasteiger charge is 2.59. The third-order valence-electron chi connectivity index (χ3n) is 4.14. The van der Waals surface area contributed by atoms with E-state index in [0.29, 0.717) is 0 Å². The summed E-state index contributed by atoms with van der Waals surface area (Å²) in [6.07, 6.45) is -2.26. The van der Waals surface area contributed by atoms with E-state index in [1.807, 2.05) is 0 Å². The number of hydrogen-bond donors (Lipinski definition) is 4. The van der Waals surface area contributed by atoms with Gasteiger partial charge in [0, 0.05) is 25.9 Å². The standard InChI is InChI=1S/C13H23N3O10P2S/c1-15(2)6-13(7-24-28(20,21)22)10(26-27(19)29)9(23-3)11(25-13)16-5-4-8(17)14-12(16)18/h4-5,9-11,27H,6-7H2,1-3H3,(H,19,29)(H,14,17,18)(H2,20,21,22)/t9-,10?,11+,13+/m0/s1. The second-order valence-electron chi connectivity index (χ2n) is 6.60. The molecule has 1 fully saturated rings. The van der Waals surface area contributed by atoms with Crippen LogP contribution in [0.2, 0.25) is 0 Å². The normalized spacial score (nSPS) is 28.7. The Hall–Kier alpha value is -0.790. The van der Waals surface area contributed by atoms with Gasteiger partial charge in [0.25, 0.3) is 5.56 Å². The number of aromatic amines is 1. The van der Waals surface area contributed by atoms with Crippen molar-refractivity contribution in [3.05, 3.63) is 33.1 Å². The van der Waals surface area contributed by atoms with Crippen LogP contribution < -0.4 is 11.2 Å². The molecule has 0 spiro atoms. The minimum absolute atomic E-state index is 0.00491. The molecule has 0 aromatic carbocycles. The zero-order valence-electron chi connectivity index (χ0n) is 15.8. The minimum Gasteiger partial charge on any atom is -0.374 e. The molecule has 2 unspecified atom stereocenters. The number of hydrogen-bond acceptors (Lipinski definition) is 9. The predicted molar refractivity (Wildman–Crippen MR) is 104 cm³/mol. The summed E-state index contributed by atoms with van der Waals surface area (Å²) < 4.78 is 45.6. The molecule has 29 heavy (non-hydrogen) atoms. The van der Waals surface area contributed by atoms with Gasteiger partial charge < -0.3 is 28.7 Å². The SMILES string of the molecule is CO[C@H]1C(O[PH](=O)S)[C@](COP(=O)(O)O)(CN(C)C)O[C@H]1n1ccc(=O)[nH]c1=O. The Balaban J connectivity index is 2.58.